The minimum absolute atomic E-state index is 0.221. The average molecular weight is 404 g/mol. The second kappa shape index (κ2) is 7.37. The number of halogens is 1. The lowest BCUT2D eigenvalue weighted by molar-refractivity contribution is 0.600. The summed E-state index contributed by atoms with van der Waals surface area (Å²) < 4.78 is 30.5. The van der Waals surface area contributed by atoms with Crippen molar-refractivity contribution >= 4 is 27.3 Å². The SMILES string of the molecule is Cc1cc(S(=O)(=O)Nc2c(C)nn(Cc3ccccc3)c2C)c(C)cc1Cl. The van der Waals surface area contributed by atoms with Gasteiger partial charge in [-0.3, -0.25) is 9.40 Å². The first-order chi connectivity index (χ1) is 12.7. The Kier molecular flexibility index (Phi) is 5.31. The Hall–Kier alpha value is -2.31. The molecule has 0 radical (unpaired) electrons. The molecule has 142 valence electrons. The standard InChI is InChI=1S/C20H22ClN3O2S/c1-13-11-19(14(2)10-18(13)21)27(25,26)23-20-15(3)22-24(16(20)4)12-17-8-6-5-7-9-17/h5-11,23H,12H2,1-4H3. The zero-order valence-corrected chi connectivity index (χ0v) is 17.3. The summed E-state index contributed by atoms with van der Waals surface area (Å²) in [6, 6.07) is 13.2. The zero-order chi connectivity index (χ0) is 19.8. The van der Waals surface area contributed by atoms with Gasteiger partial charge in [-0.2, -0.15) is 5.10 Å². The van der Waals surface area contributed by atoms with Gasteiger partial charge in [-0.25, -0.2) is 8.42 Å². The Labute approximate surface area is 165 Å². The fourth-order valence-electron chi connectivity index (χ4n) is 2.99. The molecule has 0 saturated heterocycles. The van der Waals surface area contributed by atoms with Crippen molar-refractivity contribution in [2.75, 3.05) is 4.72 Å². The molecule has 0 saturated carbocycles. The number of rotatable bonds is 5. The number of hydrogen-bond acceptors (Lipinski definition) is 3. The first-order valence-corrected chi connectivity index (χ1v) is 10.4. The Bertz CT molecular complexity index is 1090. The van der Waals surface area contributed by atoms with E-state index in [-0.39, 0.29) is 4.90 Å². The fourth-order valence-corrected chi connectivity index (χ4v) is 4.70. The molecule has 1 N–H and O–H groups in total. The Morgan fingerprint density at radius 3 is 2.37 bits per heavy atom. The maximum atomic E-state index is 13.0. The molecule has 2 aromatic carbocycles. The number of aromatic nitrogens is 2. The van der Waals surface area contributed by atoms with Crippen LogP contribution < -0.4 is 4.72 Å². The highest BCUT2D eigenvalue weighted by Gasteiger charge is 2.22. The third-order valence-electron chi connectivity index (χ3n) is 4.54. The third-order valence-corrected chi connectivity index (χ3v) is 6.44. The summed E-state index contributed by atoms with van der Waals surface area (Å²) in [4.78, 5) is 0.221. The van der Waals surface area contributed by atoms with Gasteiger partial charge in [-0.15, -0.1) is 0 Å². The molecule has 0 atom stereocenters. The van der Waals surface area contributed by atoms with Gasteiger partial charge in [-0.1, -0.05) is 41.9 Å². The molecular formula is C20H22ClN3O2S. The van der Waals surface area contributed by atoms with Gasteiger partial charge < -0.3 is 0 Å². The van der Waals surface area contributed by atoms with E-state index in [1.165, 1.54) is 0 Å². The minimum atomic E-state index is -3.75. The molecule has 0 fully saturated rings. The van der Waals surface area contributed by atoms with Crippen LogP contribution in [0.2, 0.25) is 5.02 Å². The summed E-state index contributed by atoms with van der Waals surface area (Å²) in [6.45, 7) is 7.76. The van der Waals surface area contributed by atoms with Gasteiger partial charge in [-0.05, 0) is 56.5 Å². The van der Waals surface area contributed by atoms with E-state index in [0.717, 1.165) is 16.8 Å². The topological polar surface area (TPSA) is 64.0 Å². The van der Waals surface area contributed by atoms with E-state index in [1.54, 1.807) is 32.9 Å². The van der Waals surface area contributed by atoms with E-state index in [2.05, 4.69) is 9.82 Å². The van der Waals surface area contributed by atoms with Crippen LogP contribution in [0, 0.1) is 27.7 Å². The molecule has 0 spiro atoms. The van der Waals surface area contributed by atoms with Crippen LogP contribution in [0.4, 0.5) is 5.69 Å². The van der Waals surface area contributed by atoms with Gasteiger partial charge in [0.25, 0.3) is 10.0 Å². The molecule has 3 aromatic rings. The van der Waals surface area contributed by atoms with Crippen molar-refractivity contribution in [2.24, 2.45) is 0 Å². The van der Waals surface area contributed by atoms with Crippen molar-refractivity contribution in [3.63, 3.8) is 0 Å². The number of nitrogens with zero attached hydrogens (tertiary/aromatic N) is 2. The van der Waals surface area contributed by atoms with E-state index in [1.807, 2.05) is 41.9 Å². The van der Waals surface area contributed by atoms with E-state index < -0.39 is 10.0 Å². The van der Waals surface area contributed by atoms with Gasteiger partial charge >= 0.3 is 0 Å². The summed E-state index contributed by atoms with van der Waals surface area (Å²) in [7, 11) is -3.75. The van der Waals surface area contributed by atoms with E-state index in [9.17, 15) is 8.42 Å². The third kappa shape index (κ3) is 4.01. The average Bonchev–Trinajstić information content (AvgIpc) is 2.86. The van der Waals surface area contributed by atoms with E-state index in [4.69, 9.17) is 11.6 Å². The van der Waals surface area contributed by atoms with Crippen molar-refractivity contribution in [2.45, 2.75) is 39.1 Å². The molecular weight excluding hydrogens is 382 g/mol. The predicted octanol–water partition coefficient (Wildman–Crippen LogP) is 4.62. The fraction of sp³-hybridized carbons (Fsp3) is 0.250. The predicted molar refractivity (Wildman–Crippen MR) is 109 cm³/mol. The first-order valence-electron chi connectivity index (χ1n) is 8.56. The quantitative estimate of drug-likeness (QED) is 0.676. The Morgan fingerprint density at radius 2 is 1.70 bits per heavy atom. The lowest BCUT2D eigenvalue weighted by Gasteiger charge is -2.12. The van der Waals surface area contributed by atoms with Crippen LogP contribution >= 0.6 is 11.6 Å². The van der Waals surface area contributed by atoms with E-state index in [0.29, 0.717) is 28.5 Å². The van der Waals surface area contributed by atoms with Crippen LogP contribution in [0.15, 0.2) is 47.4 Å². The van der Waals surface area contributed by atoms with Crippen LogP contribution in [-0.2, 0) is 16.6 Å². The highest BCUT2D eigenvalue weighted by atomic mass is 35.5. The molecule has 0 unspecified atom stereocenters. The summed E-state index contributed by atoms with van der Waals surface area (Å²) in [5.74, 6) is 0. The number of benzene rings is 2. The second-order valence-electron chi connectivity index (χ2n) is 6.66. The van der Waals surface area contributed by atoms with Gasteiger partial charge in [0.05, 0.1) is 28.5 Å². The molecule has 7 heteroatoms. The van der Waals surface area contributed by atoms with Crippen molar-refractivity contribution in [3.05, 3.63) is 75.6 Å². The summed E-state index contributed by atoms with van der Waals surface area (Å²) in [5, 5.41) is 5.06. The van der Waals surface area contributed by atoms with Gasteiger partial charge in [0, 0.05) is 5.02 Å². The lowest BCUT2D eigenvalue weighted by Crippen LogP contribution is -2.16. The van der Waals surface area contributed by atoms with Crippen molar-refractivity contribution in [3.8, 4) is 0 Å². The van der Waals surface area contributed by atoms with Crippen molar-refractivity contribution in [1.29, 1.82) is 0 Å². The lowest BCUT2D eigenvalue weighted by atomic mass is 10.2. The number of sulfonamides is 1. The zero-order valence-electron chi connectivity index (χ0n) is 15.7. The maximum Gasteiger partial charge on any atom is 0.262 e. The number of aryl methyl sites for hydroxylation is 3. The highest BCUT2D eigenvalue weighted by molar-refractivity contribution is 7.92. The molecule has 0 aliphatic heterocycles. The minimum Gasteiger partial charge on any atom is -0.276 e. The molecule has 1 heterocycles. The maximum absolute atomic E-state index is 13.0. The first kappa shape index (κ1) is 19.5. The van der Waals surface area contributed by atoms with Gasteiger partial charge in [0.1, 0.15) is 0 Å². The normalized spacial score (nSPS) is 11.6. The van der Waals surface area contributed by atoms with Crippen LogP contribution in [0.1, 0.15) is 28.1 Å². The largest absolute Gasteiger partial charge is 0.276 e. The summed E-state index contributed by atoms with van der Waals surface area (Å²) in [5.41, 5.74) is 4.33. The number of nitrogens with one attached hydrogen (secondary N) is 1. The van der Waals surface area contributed by atoms with Crippen LogP contribution in [-0.4, -0.2) is 18.2 Å². The molecule has 0 amide bonds. The second-order valence-corrected chi connectivity index (χ2v) is 8.72. The molecule has 1 aromatic heterocycles. The molecule has 5 nitrogen and oxygen atoms in total. The van der Waals surface area contributed by atoms with E-state index >= 15 is 0 Å². The number of anilines is 1. The highest BCUT2D eigenvalue weighted by Crippen LogP contribution is 2.28. The molecule has 0 bridgehead atoms. The molecule has 0 aliphatic rings. The molecule has 3 rings (SSSR count). The Morgan fingerprint density at radius 1 is 1.04 bits per heavy atom. The van der Waals surface area contributed by atoms with Gasteiger partial charge in [0.15, 0.2) is 0 Å². The van der Waals surface area contributed by atoms with Gasteiger partial charge in [0.2, 0.25) is 0 Å². The van der Waals surface area contributed by atoms with Crippen LogP contribution in [0.5, 0.6) is 0 Å². The monoisotopic (exact) mass is 403 g/mol. The molecule has 0 aliphatic carbocycles. The van der Waals surface area contributed by atoms with Crippen molar-refractivity contribution < 1.29 is 8.42 Å². The molecule has 27 heavy (non-hydrogen) atoms. The number of hydrogen-bond donors (Lipinski definition) is 1. The Balaban J connectivity index is 1.95. The van der Waals surface area contributed by atoms with Crippen LogP contribution in [0.3, 0.4) is 0 Å². The van der Waals surface area contributed by atoms with Crippen molar-refractivity contribution in [1.82, 2.24) is 9.78 Å². The van der Waals surface area contributed by atoms with Crippen LogP contribution in [0.25, 0.3) is 0 Å². The summed E-state index contributed by atoms with van der Waals surface area (Å²) >= 11 is 6.10. The summed E-state index contributed by atoms with van der Waals surface area (Å²) in [6.07, 6.45) is 0. The smallest absolute Gasteiger partial charge is 0.262 e.